The number of nitrogens with zero attached hydrogens (tertiary/aromatic N) is 1. The van der Waals surface area contributed by atoms with Gasteiger partial charge in [-0.25, -0.2) is 0 Å². The SMILES string of the molecule is COc1ccc2ccnc(CCC(C)N)c2c1. The van der Waals surface area contributed by atoms with E-state index in [4.69, 9.17) is 10.5 Å². The van der Waals surface area contributed by atoms with E-state index < -0.39 is 0 Å². The number of ether oxygens (including phenoxy) is 1. The molecule has 1 unspecified atom stereocenters. The Morgan fingerprint density at radius 2 is 2.18 bits per heavy atom. The third-order valence-corrected chi connectivity index (χ3v) is 2.89. The molecule has 0 radical (unpaired) electrons. The lowest BCUT2D eigenvalue weighted by Gasteiger charge is -2.08. The standard InChI is InChI=1S/C14H18N2O/c1-10(15)3-6-14-13-9-12(17-2)5-4-11(13)7-8-16-14/h4-5,7-10H,3,6,15H2,1-2H3. The molecule has 2 rings (SSSR count). The number of fused-ring (bicyclic) bond motifs is 1. The summed E-state index contributed by atoms with van der Waals surface area (Å²) < 4.78 is 5.25. The maximum Gasteiger partial charge on any atom is 0.119 e. The Bertz CT molecular complexity index is 509. The predicted molar refractivity (Wildman–Crippen MR) is 70.3 cm³/mol. The normalized spacial score (nSPS) is 12.6. The van der Waals surface area contributed by atoms with Gasteiger partial charge < -0.3 is 10.5 Å². The molecule has 0 saturated heterocycles. The quantitative estimate of drug-likeness (QED) is 0.878. The van der Waals surface area contributed by atoms with Gasteiger partial charge in [0.25, 0.3) is 0 Å². The monoisotopic (exact) mass is 230 g/mol. The van der Waals surface area contributed by atoms with Crippen molar-refractivity contribution in [2.75, 3.05) is 7.11 Å². The van der Waals surface area contributed by atoms with Crippen molar-refractivity contribution in [2.45, 2.75) is 25.8 Å². The molecule has 0 aliphatic heterocycles. The number of aryl methyl sites for hydroxylation is 1. The fraction of sp³-hybridized carbons (Fsp3) is 0.357. The van der Waals surface area contributed by atoms with Crippen LogP contribution in [0, 0.1) is 0 Å². The second-order valence-electron chi connectivity index (χ2n) is 4.36. The Kier molecular flexibility index (Phi) is 3.59. The molecule has 0 aliphatic rings. The van der Waals surface area contributed by atoms with Gasteiger partial charge in [-0.1, -0.05) is 6.07 Å². The molecule has 1 heterocycles. The number of hydrogen-bond donors (Lipinski definition) is 1. The van der Waals surface area contributed by atoms with Gasteiger partial charge in [-0.05, 0) is 43.4 Å². The Morgan fingerprint density at radius 3 is 2.88 bits per heavy atom. The lowest BCUT2D eigenvalue weighted by atomic mass is 10.0. The molecule has 1 atom stereocenters. The van der Waals surface area contributed by atoms with Gasteiger partial charge in [-0.3, -0.25) is 4.98 Å². The average molecular weight is 230 g/mol. The molecular formula is C14H18N2O. The first-order valence-electron chi connectivity index (χ1n) is 5.88. The molecule has 0 bridgehead atoms. The van der Waals surface area contributed by atoms with Gasteiger partial charge in [0.05, 0.1) is 7.11 Å². The minimum Gasteiger partial charge on any atom is -0.497 e. The van der Waals surface area contributed by atoms with E-state index in [1.165, 1.54) is 5.39 Å². The zero-order valence-corrected chi connectivity index (χ0v) is 10.3. The highest BCUT2D eigenvalue weighted by Crippen LogP contribution is 2.23. The van der Waals surface area contributed by atoms with Gasteiger partial charge in [0.1, 0.15) is 5.75 Å². The Balaban J connectivity index is 2.39. The smallest absolute Gasteiger partial charge is 0.119 e. The van der Waals surface area contributed by atoms with Crippen LogP contribution in [-0.4, -0.2) is 18.1 Å². The highest BCUT2D eigenvalue weighted by molar-refractivity contribution is 5.85. The van der Waals surface area contributed by atoms with Gasteiger partial charge in [0, 0.05) is 23.3 Å². The largest absolute Gasteiger partial charge is 0.497 e. The highest BCUT2D eigenvalue weighted by atomic mass is 16.5. The van der Waals surface area contributed by atoms with Crippen molar-refractivity contribution in [1.29, 1.82) is 0 Å². The van der Waals surface area contributed by atoms with Gasteiger partial charge in [0.2, 0.25) is 0 Å². The van der Waals surface area contributed by atoms with Crippen LogP contribution >= 0.6 is 0 Å². The van der Waals surface area contributed by atoms with E-state index in [0.717, 1.165) is 29.7 Å². The summed E-state index contributed by atoms with van der Waals surface area (Å²) >= 11 is 0. The summed E-state index contributed by atoms with van der Waals surface area (Å²) in [6.45, 7) is 2.02. The molecule has 0 saturated carbocycles. The molecular weight excluding hydrogens is 212 g/mol. The van der Waals surface area contributed by atoms with Crippen molar-refractivity contribution in [3.8, 4) is 5.75 Å². The molecule has 0 aliphatic carbocycles. The number of nitrogens with two attached hydrogens (primary N) is 1. The van der Waals surface area contributed by atoms with Crippen LogP contribution in [0.4, 0.5) is 0 Å². The highest BCUT2D eigenvalue weighted by Gasteiger charge is 2.05. The first kappa shape index (κ1) is 11.9. The summed E-state index contributed by atoms with van der Waals surface area (Å²) in [6, 6.07) is 8.30. The minimum atomic E-state index is 0.206. The van der Waals surface area contributed by atoms with Gasteiger partial charge >= 0.3 is 0 Å². The number of aromatic nitrogens is 1. The maximum absolute atomic E-state index is 5.79. The van der Waals surface area contributed by atoms with E-state index in [9.17, 15) is 0 Å². The summed E-state index contributed by atoms with van der Waals surface area (Å²) in [5, 5.41) is 2.35. The first-order valence-corrected chi connectivity index (χ1v) is 5.88. The third kappa shape index (κ3) is 2.74. The van der Waals surface area contributed by atoms with E-state index >= 15 is 0 Å². The van der Waals surface area contributed by atoms with E-state index in [2.05, 4.69) is 11.1 Å². The number of rotatable bonds is 4. The number of methoxy groups -OCH3 is 1. The average Bonchev–Trinajstić information content (AvgIpc) is 2.35. The van der Waals surface area contributed by atoms with Crippen molar-refractivity contribution in [3.05, 3.63) is 36.2 Å². The fourth-order valence-corrected chi connectivity index (χ4v) is 1.90. The zero-order valence-electron chi connectivity index (χ0n) is 10.3. The first-order chi connectivity index (χ1) is 8.20. The molecule has 90 valence electrons. The van der Waals surface area contributed by atoms with Crippen molar-refractivity contribution < 1.29 is 4.74 Å². The van der Waals surface area contributed by atoms with Crippen LogP contribution in [0.25, 0.3) is 10.8 Å². The van der Waals surface area contributed by atoms with Crippen LogP contribution in [0.1, 0.15) is 19.0 Å². The lowest BCUT2D eigenvalue weighted by Crippen LogP contribution is -2.15. The Labute approximate surface area is 102 Å². The molecule has 2 N–H and O–H groups in total. The molecule has 0 fully saturated rings. The van der Waals surface area contributed by atoms with Crippen LogP contribution in [0.5, 0.6) is 5.75 Å². The second kappa shape index (κ2) is 5.15. The van der Waals surface area contributed by atoms with Crippen molar-refractivity contribution in [1.82, 2.24) is 4.98 Å². The lowest BCUT2D eigenvalue weighted by molar-refractivity contribution is 0.415. The van der Waals surface area contributed by atoms with Crippen LogP contribution < -0.4 is 10.5 Å². The van der Waals surface area contributed by atoms with E-state index in [1.807, 2.05) is 31.3 Å². The Hall–Kier alpha value is -1.61. The molecule has 0 amide bonds. The summed E-state index contributed by atoms with van der Waals surface area (Å²) in [5.41, 5.74) is 6.88. The van der Waals surface area contributed by atoms with Gasteiger partial charge in [0.15, 0.2) is 0 Å². The van der Waals surface area contributed by atoms with Crippen molar-refractivity contribution in [3.63, 3.8) is 0 Å². The summed E-state index contributed by atoms with van der Waals surface area (Å²) in [7, 11) is 1.68. The van der Waals surface area contributed by atoms with E-state index in [-0.39, 0.29) is 6.04 Å². The number of hydrogen-bond acceptors (Lipinski definition) is 3. The predicted octanol–water partition coefficient (Wildman–Crippen LogP) is 2.52. The van der Waals surface area contributed by atoms with Gasteiger partial charge in [-0.2, -0.15) is 0 Å². The zero-order chi connectivity index (χ0) is 12.3. The van der Waals surface area contributed by atoms with Crippen molar-refractivity contribution in [2.24, 2.45) is 5.73 Å². The third-order valence-electron chi connectivity index (χ3n) is 2.89. The minimum absolute atomic E-state index is 0.206. The van der Waals surface area contributed by atoms with E-state index in [0.29, 0.717) is 0 Å². The molecule has 17 heavy (non-hydrogen) atoms. The van der Waals surface area contributed by atoms with Crippen LogP contribution in [0.3, 0.4) is 0 Å². The maximum atomic E-state index is 5.79. The fourth-order valence-electron chi connectivity index (χ4n) is 1.90. The number of pyridine rings is 1. The molecule has 2 aromatic rings. The molecule has 1 aromatic heterocycles. The summed E-state index contributed by atoms with van der Waals surface area (Å²) in [4.78, 5) is 4.44. The number of benzene rings is 1. The van der Waals surface area contributed by atoms with Gasteiger partial charge in [-0.15, -0.1) is 0 Å². The molecule has 3 heteroatoms. The summed E-state index contributed by atoms with van der Waals surface area (Å²) in [5.74, 6) is 0.868. The van der Waals surface area contributed by atoms with Crippen molar-refractivity contribution >= 4 is 10.8 Å². The van der Waals surface area contributed by atoms with Crippen LogP contribution in [-0.2, 0) is 6.42 Å². The van der Waals surface area contributed by atoms with E-state index in [1.54, 1.807) is 7.11 Å². The van der Waals surface area contributed by atoms with Crippen LogP contribution in [0.15, 0.2) is 30.5 Å². The Morgan fingerprint density at radius 1 is 1.35 bits per heavy atom. The van der Waals surface area contributed by atoms with Crippen LogP contribution in [0.2, 0.25) is 0 Å². The molecule has 3 nitrogen and oxygen atoms in total. The second-order valence-corrected chi connectivity index (χ2v) is 4.36. The molecule has 1 aromatic carbocycles. The summed E-state index contributed by atoms with van der Waals surface area (Å²) in [6.07, 6.45) is 3.71. The molecule has 0 spiro atoms. The topological polar surface area (TPSA) is 48.1 Å².